The number of hydrogen-bond acceptors (Lipinski definition) is 1. The fourth-order valence-electron chi connectivity index (χ4n) is 1.57. The molecule has 0 aliphatic rings. The molecule has 0 aliphatic heterocycles. The predicted molar refractivity (Wildman–Crippen MR) is 61.5 cm³/mol. The van der Waals surface area contributed by atoms with Crippen molar-refractivity contribution in [1.82, 2.24) is 0 Å². The highest BCUT2D eigenvalue weighted by atomic mass is 32.2. The largest absolute Gasteiger partial charge is 0.616 e. The molecule has 2 heteroatoms. The lowest BCUT2D eigenvalue weighted by atomic mass is 10.1. The van der Waals surface area contributed by atoms with Crippen LogP contribution in [0.25, 0.3) is 0 Å². The van der Waals surface area contributed by atoms with Gasteiger partial charge in [-0.3, -0.25) is 0 Å². The van der Waals surface area contributed by atoms with Gasteiger partial charge in [-0.25, -0.2) is 0 Å². The van der Waals surface area contributed by atoms with Crippen LogP contribution in [0.5, 0.6) is 0 Å². The second-order valence-electron chi connectivity index (χ2n) is 4.89. The molecule has 1 nitrogen and oxygen atoms in total. The lowest BCUT2D eigenvalue weighted by Gasteiger charge is -2.38. The van der Waals surface area contributed by atoms with Crippen LogP contribution in [0.2, 0.25) is 0 Å². The van der Waals surface area contributed by atoms with Crippen molar-refractivity contribution in [2.45, 2.75) is 70.3 Å². The van der Waals surface area contributed by atoms with Gasteiger partial charge in [-0.2, -0.15) is 0 Å². The molecule has 0 aliphatic carbocycles. The van der Waals surface area contributed by atoms with Gasteiger partial charge in [0.2, 0.25) is 0 Å². The third-order valence-electron chi connectivity index (χ3n) is 2.71. The molecule has 1 unspecified atom stereocenters. The van der Waals surface area contributed by atoms with Crippen LogP contribution >= 0.6 is 0 Å². The molecule has 1 atom stereocenters. The van der Waals surface area contributed by atoms with Crippen molar-refractivity contribution < 1.29 is 4.55 Å². The molecular formula is C11H24OS. The zero-order chi connectivity index (χ0) is 10.7. The number of hydrogen-bond donors (Lipinski definition) is 0. The predicted octanol–water partition coefficient (Wildman–Crippen LogP) is 3.50. The van der Waals surface area contributed by atoms with Crippen molar-refractivity contribution in [2.75, 3.05) is 0 Å². The van der Waals surface area contributed by atoms with Crippen molar-refractivity contribution in [1.29, 1.82) is 0 Å². The third kappa shape index (κ3) is 3.51. The van der Waals surface area contributed by atoms with Crippen molar-refractivity contribution in [2.24, 2.45) is 0 Å². The Hall–Kier alpha value is 0.310. The zero-order valence-electron chi connectivity index (χ0n) is 9.94. The van der Waals surface area contributed by atoms with Gasteiger partial charge in [-0.05, 0) is 51.7 Å². The SMILES string of the molecule is CCCC(C)(C)[S+]([O-])C(C)(C)CC. The molecule has 0 bridgehead atoms. The van der Waals surface area contributed by atoms with Crippen LogP contribution in [-0.4, -0.2) is 14.0 Å². The van der Waals surface area contributed by atoms with E-state index in [1.54, 1.807) is 0 Å². The maximum atomic E-state index is 12.2. The maximum Gasteiger partial charge on any atom is 0.120 e. The maximum absolute atomic E-state index is 12.2. The summed E-state index contributed by atoms with van der Waals surface area (Å²) in [5, 5.41) is 0. The quantitative estimate of drug-likeness (QED) is 0.629. The van der Waals surface area contributed by atoms with Gasteiger partial charge in [-0.1, -0.05) is 20.3 Å². The molecule has 0 spiro atoms. The first-order valence-corrected chi connectivity index (χ1v) is 6.35. The van der Waals surface area contributed by atoms with Crippen LogP contribution in [0.3, 0.4) is 0 Å². The summed E-state index contributed by atoms with van der Waals surface area (Å²) in [4.78, 5) is 0. The molecule has 0 N–H and O–H groups in total. The molecule has 13 heavy (non-hydrogen) atoms. The molecule has 0 heterocycles. The summed E-state index contributed by atoms with van der Waals surface area (Å²) in [6.45, 7) is 12.7. The first-order chi connectivity index (χ1) is 5.78. The Bertz CT molecular complexity index is 152. The van der Waals surface area contributed by atoms with E-state index in [1.165, 1.54) is 0 Å². The summed E-state index contributed by atoms with van der Waals surface area (Å²) in [6, 6.07) is 0. The average Bonchev–Trinajstić information content (AvgIpc) is 2.03. The Morgan fingerprint density at radius 3 is 1.77 bits per heavy atom. The van der Waals surface area contributed by atoms with E-state index in [-0.39, 0.29) is 9.49 Å². The van der Waals surface area contributed by atoms with Crippen LogP contribution in [0.15, 0.2) is 0 Å². The molecule has 0 aromatic heterocycles. The highest BCUT2D eigenvalue weighted by molar-refractivity contribution is 7.94. The Morgan fingerprint density at radius 2 is 1.46 bits per heavy atom. The summed E-state index contributed by atoms with van der Waals surface area (Å²) in [5.74, 6) is 0. The van der Waals surface area contributed by atoms with E-state index < -0.39 is 11.2 Å². The Morgan fingerprint density at radius 1 is 1.00 bits per heavy atom. The van der Waals surface area contributed by atoms with E-state index in [0.717, 1.165) is 19.3 Å². The van der Waals surface area contributed by atoms with E-state index in [0.29, 0.717) is 0 Å². The summed E-state index contributed by atoms with van der Waals surface area (Å²) in [5.41, 5.74) is 0. The highest BCUT2D eigenvalue weighted by Gasteiger charge is 2.41. The van der Waals surface area contributed by atoms with Gasteiger partial charge in [-0.15, -0.1) is 0 Å². The van der Waals surface area contributed by atoms with Crippen LogP contribution in [0.4, 0.5) is 0 Å². The van der Waals surface area contributed by atoms with Crippen molar-refractivity contribution in [3.63, 3.8) is 0 Å². The van der Waals surface area contributed by atoms with Crippen LogP contribution in [-0.2, 0) is 11.2 Å². The Labute approximate surface area is 86.5 Å². The van der Waals surface area contributed by atoms with E-state index in [1.807, 2.05) is 0 Å². The fraction of sp³-hybridized carbons (Fsp3) is 1.00. The van der Waals surface area contributed by atoms with E-state index in [4.69, 9.17) is 0 Å². The third-order valence-corrected chi connectivity index (χ3v) is 5.21. The van der Waals surface area contributed by atoms with Gasteiger partial charge < -0.3 is 4.55 Å². The lowest BCUT2D eigenvalue weighted by molar-refractivity contribution is 0.480. The standard InChI is InChI=1S/C11H24OS/c1-7-9-11(5,6)13(12)10(3,4)8-2/h7-9H2,1-6H3. The monoisotopic (exact) mass is 204 g/mol. The van der Waals surface area contributed by atoms with Crippen molar-refractivity contribution in [3.8, 4) is 0 Å². The Balaban J connectivity index is 4.47. The van der Waals surface area contributed by atoms with Crippen molar-refractivity contribution in [3.05, 3.63) is 0 Å². The second-order valence-corrected chi connectivity index (χ2v) is 7.64. The molecule has 0 saturated heterocycles. The highest BCUT2D eigenvalue weighted by Crippen LogP contribution is 2.34. The lowest BCUT2D eigenvalue weighted by Crippen LogP contribution is -2.45. The first-order valence-electron chi connectivity index (χ1n) is 5.20. The minimum absolute atomic E-state index is 0.0335. The molecular weight excluding hydrogens is 180 g/mol. The molecule has 0 amide bonds. The normalized spacial score (nSPS) is 15.9. The fourth-order valence-corrected chi connectivity index (χ4v) is 3.72. The number of rotatable bonds is 5. The van der Waals surface area contributed by atoms with Gasteiger partial charge in [0.05, 0.1) is 0 Å². The minimum atomic E-state index is -0.741. The topological polar surface area (TPSA) is 23.1 Å². The first kappa shape index (κ1) is 13.3. The van der Waals surface area contributed by atoms with Gasteiger partial charge >= 0.3 is 0 Å². The molecule has 0 rings (SSSR count). The van der Waals surface area contributed by atoms with Gasteiger partial charge in [0.15, 0.2) is 0 Å². The van der Waals surface area contributed by atoms with Gasteiger partial charge in [0, 0.05) is 0 Å². The second kappa shape index (κ2) is 4.70. The summed E-state index contributed by atoms with van der Waals surface area (Å²) in [6.07, 6.45) is 3.13. The summed E-state index contributed by atoms with van der Waals surface area (Å²) < 4.78 is 12.1. The van der Waals surface area contributed by atoms with Crippen LogP contribution in [0.1, 0.15) is 60.8 Å². The Kier molecular flexibility index (Phi) is 4.81. The van der Waals surface area contributed by atoms with E-state index in [2.05, 4.69) is 41.5 Å². The van der Waals surface area contributed by atoms with Gasteiger partial charge in [0.1, 0.15) is 9.49 Å². The molecule has 0 radical (unpaired) electrons. The molecule has 0 aromatic carbocycles. The molecule has 0 saturated carbocycles. The van der Waals surface area contributed by atoms with Crippen molar-refractivity contribution >= 4 is 11.2 Å². The average molecular weight is 204 g/mol. The minimum Gasteiger partial charge on any atom is -0.616 e. The summed E-state index contributed by atoms with van der Waals surface area (Å²) in [7, 11) is 0. The molecule has 80 valence electrons. The summed E-state index contributed by atoms with van der Waals surface area (Å²) >= 11 is -0.741. The molecule has 0 fully saturated rings. The van der Waals surface area contributed by atoms with E-state index in [9.17, 15) is 4.55 Å². The van der Waals surface area contributed by atoms with E-state index >= 15 is 0 Å². The van der Waals surface area contributed by atoms with Crippen LogP contribution < -0.4 is 0 Å². The van der Waals surface area contributed by atoms with Gasteiger partial charge in [0.25, 0.3) is 0 Å². The zero-order valence-corrected chi connectivity index (χ0v) is 10.8. The molecule has 0 aromatic rings. The smallest absolute Gasteiger partial charge is 0.120 e. The van der Waals surface area contributed by atoms with Crippen LogP contribution in [0, 0.1) is 0 Å².